The molecule has 37 nitrogen and oxygen atoms in total. The molecule has 0 bridgehead atoms. The number of hydrogen-bond acceptors (Lipinski definition) is 30. The van der Waals surface area contributed by atoms with E-state index in [0.29, 0.717) is 16.5 Å². The van der Waals surface area contributed by atoms with Gasteiger partial charge >= 0.3 is 5.97 Å². The number of carbonyl (C=O) groups excluding carboxylic acids is 3. The second-order valence-electron chi connectivity index (χ2n) is 20.7. The minimum atomic E-state index is -5.24. The van der Waals surface area contributed by atoms with E-state index >= 15 is 0 Å². The summed E-state index contributed by atoms with van der Waals surface area (Å²) in [6.45, 7) is -1.26. The van der Waals surface area contributed by atoms with E-state index in [-0.39, 0.29) is 90.2 Å². The summed E-state index contributed by atoms with van der Waals surface area (Å²) in [5, 5.41) is 91.0. The molecule has 1 fully saturated rings. The van der Waals surface area contributed by atoms with Crippen molar-refractivity contribution >= 4 is 146 Å². The maximum absolute atomic E-state index is 13.6. The normalized spacial score (nSPS) is 15.5. The van der Waals surface area contributed by atoms with Crippen LogP contribution in [0.15, 0.2) is 198 Å². The van der Waals surface area contributed by atoms with Crippen molar-refractivity contribution in [2.24, 2.45) is 46.0 Å². The summed E-state index contributed by atoms with van der Waals surface area (Å²) in [5.41, 5.74) is -0.695. The Morgan fingerprint density at radius 2 is 0.980 bits per heavy atom. The van der Waals surface area contributed by atoms with E-state index in [1.165, 1.54) is 54.6 Å². The maximum atomic E-state index is 13.6. The Morgan fingerprint density at radius 3 is 1.48 bits per heavy atom. The summed E-state index contributed by atoms with van der Waals surface area (Å²) in [5.74, 6) is -9.97. The number of hydrazone groups is 1. The molecule has 8 aromatic rings. The second kappa shape index (κ2) is 29.8. The molecule has 101 heavy (non-hydrogen) atoms. The van der Waals surface area contributed by atoms with Crippen molar-refractivity contribution in [1.29, 1.82) is 0 Å². The molecule has 2 radical (unpaired) electrons. The number of hydrogen-bond donors (Lipinski definition) is 9. The largest absolute Gasteiger partial charge is 0.506 e. The van der Waals surface area contributed by atoms with Gasteiger partial charge in [-0.3, -0.25) is 33.5 Å². The monoisotopic (exact) mass is 1580 g/mol. The molecule has 0 aromatic heterocycles. The fraction of sp³-hybridized carbons (Fsp3) is 0.140. The van der Waals surface area contributed by atoms with Crippen LogP contribution in [0.4, 0.5) is 45.5 Å². The molecule has 2 aliphatic heterocycles. The molecular formula is C57H46Cu2N12O25S5. The third-order valence-corrected chi connectivity index (χ3v) is 20.4. The first-order valence-electron chi connectivity index (χ1n) is 27.6. The Hall–Kier alpha value is -10.3. The third-order valence-electron chi connectivity index (χ3n) is 14.4. The van der Waals surface area contributed by atoms with Crippen LogP contribution >= 0.6 is 0 Å². The van der Waals surface area contributed by atoms with Gasteiger partial charge < -0.3 is 39.7 Å². The number of azo groups is 4. The number of fused-ring (bicyclic) bond motifs is 2. The van der Waals surface area contributed by atoms with E-state index in [9.17, 15) is 100 Å². The van der Waals surface area contributed by atoms with Crippen LogP contribution in [0, 0.1) is 0 Å². The molecule has 2 aliphatic rings. The average molecular weight is 1590 g/mol. The van der Waals surface area contributed by atoms with Crippen molar-refractivity contribution in [3.8, 4) is 34.5 Å². The summed E-state index contributed by atoms with van der Waals surface area (Å²) in [6, 6.07) is 19.7. The molecule has 1 saturated heterocycles. The number of hydrazine groups is 1. The predicted octanol–water partition coefficient (Wildman–Crippen LogP) is 7.13. The number of phenols is 4. The molecule has 9 N–H and O–H groups in total. The summed E-state index contributed by atoms with van der Waals surface area (Å²) in [6.07, 6.45) is 0. The number of aliphatic carboxylic acids is 1. The van der Waals surface area contributed by atoms with Crippen LogP contribution in [0.3, 0.4) is 0 Å². The number of phenolic OH excluding ortho intramolecular Hbond substituents is 4. The van der Waals surface area contributed by atoms with Gasteiger partial charge in [-0.25, -0.2) is 26.6 Å². The van der Waals surface area contributed by atoms with Gasteiger partial charge in [-0.1, -0.05) is 18.2 Å². The van der Waals surface area contributed by atoms with Gasteiger partial charge in [0.15, 0.2) is 36.9 Å². The van der Waals surface area contributed by atoms with Gasteiger partial charge in [0.25, 0.3) is 48.1 Å². The summed E-state index contributed by atoms with van der Waals surface area (Å²) in [4.78, 5) is 48.1. The van der Waals surface area contributed by atoms with Gasteiger partial charge in [0, 0.05) is 69.2 Å². The van der Waals surface area contributed by atoms with Crippen LogP contribution in [0.2, 0.25) is 0 Å². The van der Waals surface area contributed by atoms with Crippen LogP contribution in [0.25, 0.3) is 21.5 Å². The number of aromatic hydroxyl groups is 4. The van der Waals surface area contributed by atoms with Crippen molar-refractivity contribution in [2.45, 2.75) is 36.6 Å². The topological polar surface area (TPSA) is 558 Å². The number of ether oxygens (including phenoxy) is 3. The van der Waals surface area contributed by atoms with Crippen molar-refractivity contribution in [3.05, 3.63) is 127 Å². The van der Waals surface area contributed by atoms with E-state index in [4.69, 9.17) is 14.2 Å². The Labute approximate surface area is 590 Å². The standard InChI is InChI=1S/C57H46N12O25S5.2Cu/c1-92-43-24-39(61-60-38-16-5-28-3-6-30(22-36(28)52(38)72)59-65-51-54(74)67-69(56(51)76)33-10-14-35(15-11-33)98(86,87)88)41(70)26-45(43)95(79,80)19-17-94-18-20-96(81,82)46-27-42(71)40(25-44(46)93-2)62-63-48-47(99(89,90)91)21-29-4-7-31(23-37(29)53(48)73)58-64-49-50(57(77)78)66-68(55(49)75)32-8-12-34(13-9-32)97(83,84)85;;/h3-16,21-27,49,51,70-73H,17-20H2,1-2H3,(H,67,74)(H,77,78)(H,83,84,85)(H,86,87,88)(H,89,90,91);;. The molecule has 0 aliphatic carbocycles. The molecule has 0 spiro atoms. The quantitative estimate of drug-likeness (QED) is 0.00954. The molecule has 3 amide bonds. The fourth-order valence-corrected chi connectivity index (χ4v) is 13.7. The van der Waals surface area contributed by atoms with Gasteiger partial charge in [-0.05, 0) is 95.7 Å². The van der Waals surface area contributed by atoms with E-state index in [1.54, 1.807) is 0 Å². The van der Waals surface area contributed by atoms with Crippen LogP contribution < -0.4 is 24.9 Å². The second-order valence-corrected chi connectivity index (χ2v) is 29.1. The number of anilines is 2. The van der Waals surface area contributed by atoms with Gasteiger partial charge in [0.1, 0.15) is 60.4 Å². The van der Waals surface area contributed by atoms with Crippen LogP contribution in [0.5, 0.6) is 34.5 Å². The Bertz CT molecular complexity index is 5500. The zero-order valence-corrected chi connectivity index (χ0v) is 56.7. The molecule has 0 saturated carbocycles. The maximum Gasteiger partial charge on any atom is 0.355 e. The molecule has 44 heteroatoms. The zero-order valence-electron chi connectivity index (χ0n) is 50.7. The first-order valence-corrected chi connectivity index (χ1v) is 35.2. The fourth-order valence-electron chi connectivity index (χ4n) is 9.44. The number of amides is 3. The number of carboxylic acid groups (broad SMARTS) is 1. The number of nitrogens with one attached hydrogen (secondary N) is 1. The van der Waals surface area contributed by atoms with Crippen molar-refractivity contribution in [3.63, 3.8) is 0 Å². The van der Waals surface area contributed by atoms with Gasteiger partial charge in [-0.15, -0.1) is 20.5 Å². The summed E-state index contributed by atoms with van der Waals surface area (Å²) < 4.78 is 170. The zero-order chi connectivity index (χ0) is 71.8. The summed E-state index contributed by atoms with van der Waals surface area (Å²) >= 11 is 0. The molecule has 2 unspecified atom stereocenters. The third kappa shape index (κ3) is 16.4. The minimum Gasteiger partial charge on any atom is -0.506 e. The molecule has 2 atom stereocenters. The number of carboxylic acids is 1. The minimum absolute atomic E-state index is 0. The van der Waals surface area contributed by atoms with Crippen molar-refractivity contribution < 1.29 is 149 Å². The van der Waals surface area contributed by atoms with Crippen molar-refractivity contribution in [2.75, 3.05) is 49.0 Å². The molecule has 8 aromatic carbocycles. The van der Waals surface area contributed by atoms with E-state index in [2.05, 4.69) is 51.4 Å². The Balaban J connectivity index is 0.00000648. The van der Waals surface area contributed by atoms with Crippen molar-refractivity contribution in [1.82, 2.24) is 5.43 Å². The van der Waals surface area contributed by atoms with Gasteiger partial charge in [0.2, 0.25) is 12.1 Å². The number of methoxy groups -OCH3 is 2. The van der Waals surface area contributed by atoms with E-state index in [0.717, 1.165) is 86.0 Å². The number of carbonyl (C=O) groups is 4. The number of rotatable bonds is 24. The van der Waals surface area contributed by atoms with Gasteiger partial charge in [0.05, 0.1) is 71.5 Å². The van der Waals surface area contributed by atoms with Crippen LogP contribution in [-0.2, 0) is 108 Å². The Morgan fingerprint density at radius 1 is 0.515 bits per heavy atom. The average Bonchev–Trinajstić information content (AvgIpc) is 0.863. The number of sulfone groups is 2. The number of benzene rings is 8. The molecule has 10 rings (SSSR count). The summed E-state index contributed by atoms with van der Waals surface area (Å²) in [7, 11) is -21.1. The molecular weight excluding hydrogens is 1540 g/mol. The number of nitrogens with zero attached hydrogens (tertiary/aromatic N) is 11. The van der Waals surface area contributed by atoms with Crippen LogP contribution in [0.1, 0.15) is 0 Å². The van der Waals surface area contributed by atoms with E-state index < -0.39 is 181 Å². The molecule has 536 valence electrons. The predicted molar refractivity (Wildman–Crippen MR) is 341 cm³/mol. The van der Waals surface area contributed by atoms with E-state index in [1.807, 2.05) is 0 Å². The molecule has 2 heterocycles. The Kier molecular flexibility index (Phi) is 22.6. The van der Waals surface area contributed by atoms with Gasteiger partial charge in [-0.2, -0.15) is 55.8 Å². The van der Waals surface area contributed by atoms with Crippen LogP contribution in [-0.4, -0.2) is 162 Å². The SMILES string of the molecule is COc1cc(N=Nc2ccc3ccc(N=NC4C(=O)NN(c5ccc(S(=O)(=O)O)cc5)C4=O)cc3c2O)c(O)cc1S(=O)(=O)CCOCCS(=O)(=O)c1cc(O)c(N=Nc2c(S(=O)(=O)O)cc3ccc(N=NC4C(=O)N(c5ccc(S(=O)(=O)O)cc5)N=C4C(=O)O)cc3c2O)cc1OC.[Cu].[Cu]. The first-order chi connectivity index (χ1) is 46.6. The smallest absolute Gasteiger partial charge is 0.355 e. The first kappa shape index (κ1) is 76.4.